The minimum absolute atomic E-state index is 0.0301. The lowest BCUT2D eigenvalue weighted by atomic mass is 10.1. The van der Waals surface area contributed by atoms with E-state index < -0.39 is 11.9 Å². The van der Waals surface area contributed by atoms with E-state index in [0.29, 0.717) is 11.3 Å². The number of carbonyl (C=O) groups is 3. The van der Waals surface area contributed by atoms with E-state index in [1.807, 2.05) is 0 Å². The molecule has 0 aromatic heterocycles. The fourth-order valence-corrected chi connectivity index (χ4v) is 2.46. The van der Waals surface area contributed by atoms with E-state index in [4.69, 9.17) is 12.2 Å². The van der Waals surface area contributed by atoms with Crippen molar-refractivity contribution in [3.05, 3.63) is 65.2 Å². The van der Waals surface area contributed by atoms with Gasteiger partial charge < -0.3 is 15.0 Å². The van der Waals surface area contributed by atoms with Crippen LogP contribution in [0.1, 0.15) is 31.1 Å². The molecule has 0 unspecified atom stereocenters. The molecule has 27 heavy (non-hydrogen) atoms. The van der Waals surface area contributed by atoms with E-state index in [1.54, 1.807) is 56.6 Å². The molecule has 2 rings (SSSR count). The van der Waals surface area contributed by atoms with E-state index in [-0.39, 0.29) is 22.1 Å². The zero-order chi connectivity index (χ0) is 20.0. The van der Waals surface area contributed by atoms with Crippen molar-refractivity contribution in [2.75, 3.05) is 26.5 Å². The SMILES string of the molecule is COC(=O)c1cccc(C(=O)NC(=S)Nc2ccccc2C(=O)N(C)C)c1. The largest absolute Gasteiger partial charge is 0.465 e. The van der Waals surface area contributed by atoms with Crippen LogP contribution in [-0.4, -0.2) is 49.0 Å². The summed E-state index contributed by atoms with van der Waals surface area (Å²) in [6.45, 7) is 0. The first-order valence-electron chi connectivity index (χ1n) is 7.95. The summed E-state index contributed by atoms with van der Waals surface area (Å²) in [4.78, 5) is 37.6. The number of esters is 1. The van der Waals surface area contributed by atoms with Gasteiger partial charge in [0.15, 0.2) is 5.11 Å². The molecule has 0 radical (unpaired) electrons. The number of nitrogens with one attached hydrogen (secondary N) is 2. The predicted octanol–water partition coefficient (Wildman–Crippen LogP) is 2.30. The minimum atomic E-state index is -0.540. The Hall–Kier alpha value is -3.26. The summed E-state index contributed by atoms with van der Waals surface area (Å²) in [5.74, 6) is -1.23. The normalized spacial score (nSPS) is 9.89. The molecule has 8 heteroatoms. The summed E-state index contributed by atoms with van der Waals surface area (Å²) < 4.78 is 4.64. The Balaban J connectivity index is 2.12. The highest BCUT2D eigenvalue weighted by Gasteiger charge is 2.15. The molecular formula is C19H19N3O4S. The summed E-state index contributed by atoms with van der Waals surface area (Å²) >= 11 is 5.17. The quantitative estimate of drug-likeness (QED) is 0.620. The van der Waals surface area contributed by atoms with Gasteiger partial charge in [0.1, 0.15) is 0 Å². The van der Waals surface area contributed by atoms with Crippen LogP contribution in [0.2, 0.25) is 0 Å². The van der Waals surface area contributed by atoms with Crippen molar-refractivity contribution in [1.29, 1.82) is 0 Å². The van der Waals surface area contributed by atoms with Gasteiger partial charge in [-0.25, -0.2) is 4.79 Å². The van der Waals surface area contributed by atoms with Gasteiger partial charge >= 0.3 is 5.97 Å². The van der Waals surface area contributed by atoms with Gasteiger partial charge in [-0.15, -0.1) is 0 Å². The van der Waals surface area contributed by atoms with E-state index in [9.17, 15) is 14.4 Å². The van der Waals surface area contributed by atoms with Crippen LogP contribution in [0.3, 0.4) is 0 Å². The number of hydrogen-bond acceptors (Lipinski definition) is 5. The van der Waals surface area contributed by atoms with Crippen LogP contribution in [0.4, 0.5) is 5.69 Å². The third kappa shape index (κ3) is 5.11. The van der Waals surface area contributed by atoms with Crippen LogP contribution in [0, 0.1) is 0 Å². The van der Waals surface area contributed by atoms with Crippen molar-refractivity contribution >= 4 is 40.8 Å². The number of anilines is 1. The number of ether oxygens (including phenoxy) is 1. The first kappa shape index (κ1) is 20.1. The second-order valence-electron chi connectivity index (χ2n) is 5.73. The monoisotopic (exact) mass is 385 g/mol. The molecule has 7 nitrogen and oxygen atoms in total. The third-order valence-electron chi connectivity index (χ3n) is 3.58. The van der Waals surface area contributed by atoms with Crippen molar-refractivity contribution in [2.45, 2.75) is 0 Å². The van der Waals surface area contributed by atoms with Gasteiger partial charge in [0.2, 0.25) is 0 Å². The number of nitrogens with zero attached hydrogens (tertiary/aromatic N) is 1. The highest BCUT2D eigenvalue weighted by molar-refractivity contribution is 7.80. The van der Waals surface area contributed by atoms with Gasteiger partial charge in [0.25, 0.3) is 11.8 Å². The number of benzene rings is 2. The zero-order valence-electron chi connectivity index (χ0n) is 15.1. The van der Waals surface area contributed by atoms with Gasteiger partial charge in [-0.1, -0.05) is 18.2 Å². The van der Waals surface area contributed by atoms with E-state index in [0.717, 1.165) is 0 Å². The third-order valence-corrected chi connectivity index (χ3v) is 3.79. The van der Waals surface area contributed by atoms with Crippen molar-refractivity contribution < 1.29 is 19.1 Å². The number of rotatable bonds is 4. The summed E-state index contributed by atoms with van der Waals surface area (Å²) in [5.41, 5.74) is 1.40. The number of para-hydroxylation sites is 1. The maximum Gasteiger partial charge on any atom is 0.337 e. The number of carbonyl (C=O) groups excluding carboxylic acids is 3. The Morgan fingerprint density at radius 2 is 1.67 bits per heavy atom. The lowest BCUT2D eigenvalue weighted by molar-refractivity contribution is 0.0600. The Morgan fingerprint density at radius 1 is 1.00 bits per heavy atom. The van der Waals surface area contributed by atoms with Crippen LogP contribution < -0.4 is 10.6 Å². The number of methoxy groups -OCH3 is 1. The molecule has 0 saturated carbocycles. The van der Waals surface area contributed by atoms with E-state index >= 15 is 0 Å². The van der Waals surface area contributed by atoms with Crippen molar-refractivity contribution in [3.63, 3.8) is 0 Å². The standard InChI is InChI=1S/C19H19N3O4S/c1-22(2)17(24)14-9-4-5-10-15(14)20-19(27)21-16(23)12-7-6-8-13(11-12)18(25)26-3/h4-11H,1-3H3,(H2,20,21,23,27). The average Bonchev–Trinajstić information content (AvgIpc) is 2.67. The highest BCUT2D eigenvalue weighted by Crippen LogP contribution is 2.16. The van der Waals surface area contributed by atoms with E-state index in [2.05, 4.69) is 15.4 Å². The Kier molecular flexibility index (Phi) is 6.62. The average molecular weight is 385 g/mol. The molecule has 0 aliphatic heterocycles. The van der Waals surface area contributed by atoms with Crippen LogP contribution in [0.15, 0.2) is 48.5 Å². The molecule has 140 valence electrons. The molecule has 0 bridgehead atoms. The molecule has 0 aliphatic rings. The maximum absolute atomic E-state index is 12.4. The summed E-state index contributed by atoms with van der Waals surface area (Å²) in [6.07, 6.45) is 0. The fourth-order valence-electron chi connectivity index (χ4n) is 2.25. The molecule has 0 atom stereocenters. The van der Waals surface area contributed by atoms with Gasteiger partial charge in [0.05, 0.1) is 23.9 Å². The Labute approximate surface area is 162 Å². The molecule has 2 amide bonds. The number of thiocarbonyl (C=S) groups is 1. The second-order valence-corrected chi connectivity index (χ2v) is 6.13. The van der Waals surface area contributed by atoms with Crippen LogP contribution in [0.25, 0.3) is 0 Å². The first-order chi connectivity index (χ1) is 12.8. The molecule has 0 saturated heterocycles. The predicted molar refractivity (Wildman–Crippen MR) is 106 cm³/mol. The Morgan fingerprint density at radius 3 is 2.33 bits per heavy atom. The molecule has 2 N–H and O–H groups in total. The van der Waals surface area contributed by atoms with Crippen LogP contribution in [0.5, 0.6) is 0 Å². The molecule has 0 heterocycles. The maximum atomic E-state index is 12.4. The summed E-state index contributed by atoms with van der Waals surface area (Å²) in [6, 6.07) is 12.9. The van der Waals surface area contributed by atoms with E-state index in [1.165, 1.54) is 18.1 Å². The summed E-state index contributed by atoms with van der Waals surface area (Å²) in [7, 11) is 4.56. The van der Waals surface area contributed by atoms with Crippen molar-refractivity contribution in [1.82, 2.24) is 10.2 Å². The highest BCUT2D eigenvalue weighted by atomic mass is 32.1. The topological polar surface area (TPSA) is 87.7 Å². The molecule has 0 fully saturated rings. The molecular weight excluding hydrogens is 366 g/mol. The summed E-state index contributed by atoms with van der Waals surface area (Å²) in [5, 5.41) is 5.41. The van der Waals surface area contributed by atoms with Crippen molar-refractivity contribution in [2.24, 2.45) is 0 Å². The lowest BCUT2D eigenvalue weighted by Gasteiger charge is -2.16. The first-order valence-corrected chi connectivity index (χ1v) is 8.35. The molecule has 2 aromatic rings. The van der Waals surface area contributed by atoms with Crippen LogP contribution >= 0.6 is 12.2 Å². The van der Waals surface area contributed by atoms with Gasteiger partial charge in [0, 0.05) is 19.7 Å². The van der Waals surface area contributed by atoms with Gasteiger partial charge in [-0.05, 0) is 42.5 Å². The number of amides is 2. The van der Waals surface area contributed by atoms with Gasteiger partial charge in [-0.3, -0.25) is 14.9 Å². The fraction of sp³-hybridized carbons (Fsp3) is 0.158. The zero-order valence-corrected chi connectivity index (χ0v) is 15.9. The lowest BCUT2D eigenvalue weighted by Crippen LogP contribution is -2.35. The van der Waals surface area contributed by atoms with Gasteiger partial charge in [-0.2, -0.15) is 0 Å². The smallest absolute Gasteiger partial charge is 0.337 e. The minimum Gasteiger partial charge on any atom is -0.465 e. The molecule has 0 aliphatic carbocycles. The Bertz CT molecular complexity index is 896. The van der Waals surface area contributed by atoms with Crippen LogP contribution in [-0.2, 0) is 4.74 Å². The number of hydrogen-bond donors (Lipinski definition) is 2. The molecule has 2 aromatic carbocycles. The van der Waals surface area contributed by atoms with Crippen molar-refractivity contribution in [3.8, 4) is 0 Å². The molecule has 0 spiro atoms. The second kappa shape index (κ2) is 8.91.